The minimum absolute atomic E-state index is 0.154. The fourth-order valence-electron chi connectivity index (χ4n) is 1.29. The molecule has 0 aliphatic carbocycles. The molecule has 0 aromatic carbocycles. The number of halogens is 3. The Bertz CT molecular complexity index is 221. The molecule has 16 heavy (non-hydrogen) atoms. The smallest absolute Gasteiger partial charge is 0.401 e. The minimum Gasteiger partial charge on any atom is -0.480 e. The number of carbonyl (C=O) groups is 1. The lowest BCUT2D eigenvalue weighted by Crippen LogP contribution is -2.48. The number of rotatable bonds is 7. The van der Waals surface area contributed by atoms with Crippen LogP contribution in [0.5, 0.6) is 0 Å². The van der Waals surface area contributed by atoms with E-state index < -0.39 is 24.7 Å². The first-order chi connectivity index (χ1) is 7.30. The van der Waals surface area contributed by atoms with Crippen LogP contribution in [0.15, 0.2) is 0 Å². The number of carboxylic acid groups (broad SMARTS) is 1. The van der Waals surface area contributed by atoms with Crippen molar-refractivity contribution in [2.75, 3.05) is 26.2 Å². The molecule has 0 rings (SSSR count). The molecule has 0 aliphatic rings. The summed E-state index contributed by atoms with van der Waals surface area (Å²) < 4.78 is 36.4. The number of hydrogen-bond donors (Lipinski definition) is 2. The minimum atomic E-state index is -4.30. The van der Waals surface area contributed by atoms with E-state index in [2.05, 4.69) is 5.32 Å². The number of alkyl halides is 3. The van der Waals surface area contributed by atoms with E-state index in [1.165, 1.54) is 0 Å². The van der Waals surface area contributed by atoms with Crippen LogP contribution in [0.3, 0.4) is 0 Å². The van der Waals surface area contributed by atoms with E-state index in [9.17, 15) is 18.0 Å². The van der Waals surface area contributed by atoms with Gasteiger partial charge in [0.1, 0.15) is 6.04 Å². The Morgan fingerprint density at radius 2 is 2.00 bits per heavy atom. The number of carboxylic acids is 1. The summed E-state index contributed by atoms with van der Waals surface area (Å²) in [4.78, 5) is 11.8. The van der Waals surface area contributed by atoms with Crippen molar-refractivity contribution in [1.29, 1.82) is 0 Å². The highest BCUT2D eigenvalue weighted by Crippen LogP contribution is 2.16. The summed E-state index contributed by atoms with van der Waals surface area (Å²) in [6.07, 6.45) is -4.30. The van der Waals surface area contributed by atoms with Crippen molar-refractivity contribution in [2.45, 2.75) is 26.1 Å². The molecule has 2 N–H and O–H groups in total. The highest BCUT2D eigenvalue weighted by atomic mass is 19.4. The van der Waals surface area contributed by atoms with E-state index in [0.717, 1.165) is 4.90 Å². The Hall–Kier alpha value is -0.820. The number of hydrogen-bond acceptors (Lipinski definition) is 3. The molecule has 0 amide bonds. The molecule has 0 heterocycles. The predicted octanol–water partition coefficient (Wildman–Crippen LogP) is 0.933. The van der Waals surface area contributed by atoms with Gasteiger partial charge in [0.15, 0.2) is 0 Å². The molecule has 0 aromatic rings. The standard InChI is InChI=1S/C9H17F3N2O2/c1-3-13-7(8(15)16)5-14(4-2)6-9(10,11)12/h7,13H,3-6H2,1-2H3,(H,15,16). The Morgan fingerprint density at radius 1 is 1.44 bits per heavy atom. The lowest BCUT2D eigenvalue weighted by molar-refractivity contribution is -0.151. The maximum Gasteiger partial charge on any atom is 0.401 e. The molecular weight excluding hydrogens is 225 g/mol. The van der Waals surface area contributed by atoms with Crippen molar-refractivity contribution >= 4 is 5.97 Å². The second kappa shape index (κ2) is 6.70. The molecule has 0 fully saturated rings. The zero-order chi connectivity index (χ0) is 12.8. The lowest BCUT2D eigenvalue weighted by Gasteiger charge is -2.25. The van der Waals surface area contributed by atoms with Gasteiger partial charge in [0, 0.05) is 6.54 Å². The molecule has 0 saturated heterocycles. The molecule has 0 aromatic heterocycles. The monoisotopic (exact) mass is 242 g/mol. The molecule has 96 valence electrons. The Kier molecular flexibility index (Phi) is 6.35. The SMILES string of the molecule is CCNC(CN(CC)CC(F)(F)F)C(=O)O. The van der Waals surface area contributed by atoms with Crippen molar-refractivity contribution in [3.05, 3.63) is 0 Å². The molecule has 0 aliphatic heterocycles. The van der Waals surface area contributed by atoms with Crippen LogP contribution in [0.2, 0.25) is 0 Å². The van der Waals surface area contributed by atoms with Crippen LogP contribution in [0, 0.1) is 0 Å². The summed E-state index contributed by atoms with van der Waals surface area (Å²) in [5.74, 6) is -1.14. The fraction of sp³-hybridized carbons (Fsp3) is 0.889. The predicted molar refractivity (Wildman–Crippen MR) is 53.3 cm³/mol. The van der Waals surface area contributed by atoms with Gasteiger partial charge in [-0.05, 0) is 13.1 Å². The molecule has 0 saturated carbocycles. The summed E-state index contributed by atoms with van der Waals surface area (Å²) in [7, 11) is 0. The van der Waals surface area contributed by atoms with E-state index in [-0.39, 0.29) is 13.1 Å². The molecule has 0 radical (unpaired) electrons. The van der Waals surface area contributed by atoms with Gasteiger partial charge in [-0.25, -0.2) is 0 Å². The third kappa shape index (κ3) is 6.62. The quantitative estimate of drug-likeness (QED) is 0.697. The third-order valence-electron chi connectivity index (χ3n) is 2.04. The lowest BCUT2D eigenvalue weighted by atomic mass is 10.2. The zero-order valence-corrected chi connectivity index (χ0v) is 9.34. The largest absolute Gasteiger partial charge is 0.480 e. The van der Waals surface area contributed by atoms with Gasteiger partial charge >= 0.3 is 12.1 Å². The van der Waals surface area contributed by atoms with Crippen molar-refractivity contribution in [1.82, 2.24) is 10.2 Å². The molecule has 7 heteroatoms. The third-order valence-corrected chi connectivity index (χ3v) is 2.04. The van der Waals surface area contributed by atoms with E-state index in [0.29, 0.717) is 6.54 Å². The van der Waals surface area contributed by atoms with E-state index in [1.807, 2.05) is 0 Å². The van der Waals surface area contributed by atoms with Gasteiger partial charge < -0.3 is 10.4 Å². The van der Waals surface area contributed by atoms with Crippen molar-refractivity contribution in [3.63, 3.8) is 0 Å². The van der Waals surface area contributed by atoms with Gasteiger partial charge in [-0.3, -0.25) is 9.69 Å². The fourth-order valence-corrected chi connectivity index (χ4v) is 1.29. The van der Waals surface area contributed by atoms with Crippen molar-refractivity contribution in [2.24, 2.45) is 0 Å². The zero-order valence-electron chi connectivity index (χ0n) is 9.34. The van der Waals surface area contributed by atoms with Crippen LogP contribution in [0.1, 0.15) is 13.8 Å². The summed E-state index contributed by atoms with van der Waals surface area (Å²) in [6, 6.07) is -0.965. The van der Waals surface area contributed by atoms with Crippen molar-refractivity contribution < 1.29 is 23.1 Å². The number of nitrogens with one attached hydrogen (secondary N) is 1. The number of nitrogens with zero attached hydrogens (tertiary/aromatic N) is 1. The second-order valence-electron chi connectivity index (χ2n) is 3.39. The normalized spacial score (nSPS) is 14.1. The van der Waals surface area contributed by atoms with E-state index in [1.54, 1.807) is 13.8 Å². The average molecular weight is 242 g/mol. The Morgan fingerprint density at radius 3 is 2.31 bits per heavy atom. The topological polar surface area (TPSA) is 52.6 Å². The van der Waals surface area contributed by atoms with Gasteiger partial charge in [-0.15, -0.1) is 0 Å². The van der Waals surface area contributed by atoms with Gasteiger partial charge in [0.25, 0.3) is 0 Å². The highest BCUT2D eigenvalue weighted by molar-refractivity contribution is 5.73. The first-order valence-electron chi connectivity index (χ1n) is 5.05. The van der Waals surface area contributed by atoms with Gasteiger partial charge in [0.05, 0.1) is 6.54 Å². The van der Waals surface area contributed by atoms with Crippen LogP contribution in [0.4, 0.5) is 13.2 Å². The van der Waals surface area contributed by atoms with Crippen LogP contribution < -0.4 is 5.32 Å². The molecule has 4 nitrogen and oxygen atoms in total. The summed E-state index contributed by atoms with van der Waals surface area (Å²) in [6.45, 7) is 2.60. The van der Waals surface area contributed by atoms with Crippen molar-refractivity contribution in [3.8, 4) is 0 Å². The molecule has 1 unspecified atom stereocenters. The van der Waals surface area contributed by atoms with Crippen LogP contribution in [-0.2, 0) is 4.79 Å². The van der Waals surface area contributed by atoms with E-state index in [4.69, 9.17) is 5.11 Å². The molecular formula is C9H17F3N2O2. The van der Waals surface area contributed by atoms with E-state index >= 15 is 0 Å². The highest BCUT2D eigenvalue weighted by Gasteiger charge is 2.31. The summed E-state index contributed by atoms with van der Waals surface area (Å²) in [5.41, 5.74) is 0. The first-order valence-corrected chi connectivity index (χ1v) is 5.05. The van der Waals surface area contributed by atoms with Gasteiger partial charge in [-0.1, -0.05) is 13.8 Å². The van der Waals surface area contributed by atoms with Crippen LogP contribution in [-0.4, -0.2) is 54.4 Å². The Labute approximate surface area is 92.4 Å². The molecule has 0 bridgehead atoms. The Balaban J connectivity index is 4.32. The summed E-state index contributed by atoms with van der Waals surface area (Å²) in [5, 5.41) is 11.4. The van der Waals surface area contributed by atoms with Gasteiger partial charge in [0.2, 0.25) is 0 Å². The maximum absolute atomic E-state index is 12.1. The summed E-state index contributed by atoms with van der Waals surface area (Å²) >= 11 is 0. The number of likely N-dealkylation sites (N-methyl/N-ethyl adjacent to an activating group) is 2. The second-order valence-corrected chi connectivity index (χ2v) is 3.39. The maximum atomic E-state index is 12.1. The van der Waals surface area contributed by atoms with Gasteiger partial charge in [-0.2, -0.15) is 13.2 Å². The van der Waals surface area contributed by atoms with Crippen LogP contribution >= 0.6 is 0 Å². The first kappa shape index (κ1) is 15.2. The number of aliphatic carboxylic acids is 1. The van der Waals surface area contributed by atoms with Crippen LogP contribution in [0.25, 0.3) is 0 Å². The molecule has 0 spiro atoms. The average Bonchev–Trinajstić information content (AvgIpc) is 2.13. The molecule has 1 atom stereocenters.